The van der Waals surface area contributed by atoms with Crippen LogP contribution >= 0.6 is 11.8 Å². The fraction of sp³-hybridized carbons (Fsp3) is 0.160. The Hall–Kier alpha value is -3.42. The molecule has 2 N–H and O–H groups in total. The molecule has 164 valence electrons. The first-order valence-electron chi connectivity index (χ1n) is 9.97. The monoisotopic (exact) mass is 449 g/mol. The molecular formula is C25H23NO5S. The molecule has 0 amide bonds. The van der Waals surface area contributed by atoms with Crippen LogP contribution in [0, 0.1) is 0 Å². The van der Waals surface area contributed by atoms with Gasteiger partial charge in [-0.25, -0.2) is 0 Å². The van der Waals surface area contributed by atoms with Crippen molar-refractivity contribution < 1.29 is 24.5 Å². The summed E-state index contributed by atoms with van der Waals surface area (Å²) in [5.74, 6) is 1.08. The zero-order valence-corrected chi connectivity index (χ0v) is 18.5. The summed E-state index contributed by atoms with van der Waals surface area (Å²) in [6.07, 6.45) is -0.414. The quantitative estimate of drug-likeness (QED) is 0.391. The molecule has 3 aromatic carbocycles. The fourth-order valence-electron chi connectivity index (χ4n) is 3.61. The summed E-state index contributed by atoms with van der Waals surface area (Å²) in [6.45, 7) is 0. The van der Waals surface area contributed by atoms with Gasteiger partial charge in [-0.1, -0.05) is 12.1 Å². The molecule has 2 unspecified atom stereocenters. The Labute approximate surface area is 190 Å². The average Bonchev–Trinajstić information content (AvgIpc) is 3.14. The minimum atomic E-state index is -1.18. The van der Waals surface area contributed by atoms with Crippen molar-refractivity contribution in [3.05, 3.63) is 89.5 Å². The van der Waals surface area contributed by atoms with Crippen LogP contribution in [0.5, 0.6) is 11.5 Å². The van der Waals surface area contributed by atoms with Gasteiger partial charge in [0.1, 0.15) is 17.6 Å². The molecule has 3 aromatic rings. The predicted octanol–water partition coefficient (Wildman–Crippen LogP) is 5.29. The van der Waals surface area contributed by atoms with Gasteiger partial charge < -0.3 is 24.6 Å². The third-order valence-corrected chi connectivity index (χ3v) is 6.65. The summed E-state index contributed by atoms with van der Waals surface area (Å²) in [5, 5.41) is 19.1. The van der Waals surface area contributed by atoms with Gasteiger partial charge in [0.25, 0.3) is 0 Å². The summed E-state index contributed by atoms with van der Waals surface area (Å²) in [4.78, 5) is 14.3. The molecule has 0 aromatic heterocycles. The first kappa shape index (κ1) is 21.8. The van der Waals surface area contributed by atoms with Gasteiger partial charge in [-0.15, -0.1) is 11.8 Å². The van der Waals surface area contributed by atoms with E-state index >= 15 is 0 Å². The van der Waals surface area contributed by atoms with E-state index in [0.29, 0.717) is 0 Å². The number of ketones is 1. The van der Waals surface area contributed by atoms with Crippen molar-refractivity contribution >= 4 is 34.6 Å². The Kier molecular flexibility index (Phi) is 6.39. The van der Waals surface area contributed by atoms with E-state index in [1.165, 1.54) is 11.8 Å². The van der Waals surface area contributed by atoms with Crippen LogP contribution in [0.2, 0.25) is 0 Å². The molecule has 1 fully saturated rings. The number of hydrogen-bond donors (Lipinski definition) is 2. The highest BCUT2D eigenvalue weighted by molar-refractivity contribution is 8.04. The van der Waals surface area contributed by atoms with E-state index in [1.807, 2.05) is 72.8 Å². The molecule has 0 aliphatic carbocycles. The SMILES string of the molecule is COc1ccc(N(c2ccc(OC)cc2)c2ccc(C3SC(=CO)C(=O)C3O)cc2)cc1. The number of hydrogen-bond acceptors (Lipinski definition) is 7. The standard InChI is InChI=1S/C25H23NO5S/c1-30-20-11-7-18(8-12-20)26(19-9-13-21(31-2)14-10-19)17-5-3-16(4-6-17)25-24(29)23(28)22(15-27)32-25/h3-15,24-25,27,29H,1-2H3. The molecule has 32 heavy (non-hydrogen) atoms. The molecule has 1 heterocycles. The Balaban J connectivity index is 1.70. The molecule has 1 saturated heterocycles. The maximum absolute atomic E-state index is 12.0. The van der Waals surface area contributed by atoms with Crippen molar-refractivity contribution in [2.75, 3.05) is 19.1 Å². The number of aliphatic hydroxyl groups excluding tert-OH is 2. The second kappa shape index (κ2) is 9.38. The van der Waals surface area contributed by atoms with Crippen LogP contribution in [-0.2, 0) is 4.79 Å². The molecule has 0 saturated carbocycles. The van der Waals surface area contributed by atoms with Crippen LogP contribution in [0.3, 0.4) is 0 Å². The van der Waals surface area contributed by atoms with E-state index in [0.717, 1.165) is 40.4 Å². The molecule has 2 atom stereocenters. The van der Waals surface area contributed by atoms with E-state index in [4.69, 9.17) is 9.47 Å². The fourth-order valence-corrected chi connectivity index (χ4v) is 4.73. The van der Waals surface area contributed by atoms with Crippen LogP contribution < -0.4 is 14.4 Å². The number of ether oxygens (including phenoxy) is 2. The van der Waals surface area contributed by atoms with E-state index in [2.05, 4.69) is 4.90 Å². The molecule has 6 nitrogen and oxygen atoms in total. The van der Waals surface area contributed by atoms with Gasteiger partial charge in [-0.05, 0) is 66.2 Å². The molecular weight excluding hydrogens is 426 g/mol. The maximum Gasteiger partial charge on any atom is 0.202 e. The normalized spacial score (nSPS) is 19.2. The lowest BCUT2D eigenvalue weighted by Crippen LogP contribution is -2.19. The molecule has 4 rings (SSSR count). The number of carbonyl (C=O) groups excluding carboxylic acids is 1. The first-order chi connectivity index (χ1) is 15.5. The number of methoxy groups -OCH3 is 2. The number of Topliss-reactive ketones (excluding diaryl/α,β-unsaturated/α-hetero) is 1. The van der Waals surface area contributed by atoms with Crippen molar-refractivity contribution in [2.45, 2.75) is 11.4 Å². The highest BCUT2D eigenvalue weighted by Gasteiger charge is 2.39. The van der Waals surface area contributed by atoms with Crippen LogP contribution in [-0.4, -0.2) is 36.3 Å². The van der Waals surface area contributed by atoms with Crippen LogP contribution in [0.1, 0.15) is 10.8 Å². The Morgan fingerprint density at radius 1 is 0.812 bits per heavy atom. The average molecular weight is 450 g/mol. The highest BCUT2D eigenvalue weighted by Crippen LogP contribution is 2.46. The summed E-state index contributed by atoms with van der Waals surface area (Å²) < 4.78 is 10.6. The number of aliphatic hydroxyl groups is 2. The van der Waals surface area contributed by atoms with Gasteiger partial charge in [0.05, 0.1) is 30.6 Å². The molecule has 0 radical (unpaired) electrons. The van der Waals surface area contributed by atoms with Crippen molar-refractivity contribution in [1.29, 1.82) is 0 Å². The predicted molar refractivity (Wildman–Crippen MR) is 126 cm³/mol. The van der Waals surface area contributed by atoms with Crippen LogP contribution in [0.25, 0.3) is 0 Å². The lowest BCUT2D eigenvalue weighted by molar-refractivity contribution is -0.122. The molecule has 1 aliphatic rings. The largest absolute Gasteiger partial charge is 0.514 e. The Morgan fingerprint density at radius 2 is 1.25 bits per heavy atom. The number of nitrogens with zero attached hydrogens (tertiary/aromatic N) is 1. The zero-order chi connectivity index (χ0) is 22.7. The molecule has 1 aliphatic heterocycles. The lowest BCUT2D eigenvalue weighted by atomic mass is 10.0. The highest BCUT2D eigenvalue weighted by atomic mass is 32.2. The van der Waals surface area contributed by atoms with E-state index in [-0.39, 0.29) is 4.91 Å². The number of anilines is 3. The lowest BCUT2D eigenvalue weighted by Gasteiger charge is -2.26. The van der Waals surface area contributed by atoms with Crippen molar-refractivity contribution in [2.24, 2.45) is 0 Å². The molecule has 0 spiro atoms. The van der Waals surface area contributed by atoms with E-state index in [9.17, 15) is 15.0 Å². The van der Waals surface area contributed by atoms with Gasteiger partial charge in [-0.3, -0.25) is 4.79 Å². The van der Waals surface area contributed by atoms with Gasteiger partial charge in [0, 0.05) is 17.1 Å². The van der Waals surface area contributed by atoms with Gasteiger partial charge in [0.15, 0.2) is 0 Å². The van der Waals surface area contributed by atoms with Crippen molar-refractivity contribution in [3.8, 4) is 11.5 Å². The summed E-state index contributed by atoms with van der Waals surface area (Å²) in [7, 11) is 3.26. The van der Waals surface area contributed by atoms with E-state index < -0.39 is 17.1 Å². The van der Waals surface area contributed by atoms with Crippen molar-refractivity contribution in [3.63, 3.8) is 0 Å². The van der Waals surface area contributed by atoms with Gasteiger partial charge in [-0.2, -0.15) is 0 Å². The number of thioether (sulfide) groups is 1. The third-order valence-electron chi connectivity index (χ3n) is 5.31. The topological polar surface area (TPSA) is 79.2 Å². The zero-order valence-electron chi connectivity index (χ0n) is 17.6. The summed E-state index contributed by atoms with van der Waals surface area (Å²) >= 11 is 1.17. The summed E-state index contributed by atoms with van der Waals surface area (Å²) in [5.41, 5.74) is 3.60. The third kappa shape index (κ3) is 4.17. The van der Waals surface area contributed by atoms with Crippen molar-refractivity contribution in [1.82, 2.24) is 0 Å². The maximum atomic E-state index is 12.0. The van der Waals surface area contributed by atoms with Crippen LogP contribution in [0.4, 0.5) is 17.1 Å². The first-order valence-corrected chi connectivity index (χ1v) is 10.8. The Morgan fingerprint density at radius 3 is 1.62 bits per heavy atom. The van der Waals surface area contributed by atoms with Gasteiger partial charge >= 0.3 is 0 Å². The smallest absolute Gasteiger partial charge is 0.202 e. The van der Waals surface area contributed by atoms with Gasteiger partial charge in [0.2, 0.25) is 5.78 Å². The molecule has 0 bridgehead atoms. The molecule has 7 heteroatoms. The minimum absolute atomic E-state index is 0.171. The minimum Gasteiger partial charge on any atom is -0.514 e. The van der Waals surface area contributed by atoms with Crippen LogP contribution in [0.15, 0.2) is 84.0 Å². The number of carbonyl (C=O) groups is 1. The second-order valence-electron chi connectivity index (χ2n) is 7.16. The summed E-state index contributed by atoms with van der Waals surface area (Å²) in [6, 6.07) is 23.2. The number of benzene rings is 3. The second-order valence-corrected chi connectivity index (χ2v) is 8.35. The number of rotatable bonds is 6. The van der Waals surface area contributed by atoms with E-state index in [1.54, 1.807) is 14.2 Å². The Bertz CT molecular complexity index is 1060.